The molecule has 4 fully saturated rings. The van der Waals surface area contributed by atoms with Crippen molar-refractivity contribution in [2.45, 2.75) is 208 Å². The third kappa shape index (κ3) is 27.2. The van der Waals surface area contributed by atoms with Crippen molar-refractivity contribution in [2.24, 2.45) is 33.8 Å². The predicted molar refractivity (Wildman–Crippen MR) is 405 cm³/mol. The van der Waals surface area contributed by atoms with E-state index in [0.717, 1.165) is 45.2 Å². The fourth-order valence-electron chi connectivity index (χ4n) is 13.1. The van der Waals surface area contributed by atoms with E-state index in [9.17, 15) is 73.2 Å². The van der Waals surface area contributed by atoms with E-state index in [4.69, 9.17) is 27.7 Å². The van der Waals surface area contributed by atoms with Crippen LogP contribution in [0.4, 0.5) is 0 Å². The van der Waals surface area contributed by atoms with Gasteiger partial charge >= 0.3 is 17.9 Å². The van der Waals surface area contributed by atoms with E-state index >= 15 is 24.0 Å². The van der Waals surface area contributed by atoms with Gasteiger partial charge in [0.15, 0.2) is 11.7 Å². The highest BCUT2D eigenvalue weighted by Gasteiger charge is 2.47. The normalized spacial score (nSPS) is 24.0. The van der Waals surface area contributed by atoms with Gasteiger partial charge in [0.05, 0.1) is 39.0 Å². The van der Waals surface area contributed by atoms with Crippen molar-refractivity contribution in [3.05, 3.63) is 47.8 Å². The second kappa shape index (κ2) is 45.4. The lowest BCUT2D eigenvalue weighted by atomic mass is 9.96. The standard InChI is InChI=1S/C69H105N21O21S2/c1-5-36(2)53-66(107)90-27-14-21-50(90)65(106)89-26-13-20-49(89)61(102)76-41(22-28-87-32-44(85-86-87)68(110)111-4)57(98)81-46(59(100)78-42(29-38-15-7-6-8-16-38)64(105)88-25-12-19-48(88)62(103)79-43(67(108)109)30-52(94)95)34-112-113-35-47(82-55(96)39(75-51(93)31-71)18-11-24-74-69(72)73)60(101)84-54(37(3)92)63(104)77-40(17-9-10-23-70)56(97)80-45(33-91)58(99)83-53/h6-8,15-16,32,36-37,39-43,45-50,53-54,91-92H,5,9-14,17-31,33-35,70-71H2,1-4H3,(H,75,93)(H,76,102)(H,77,104)(H,78,100)(H,79,103)(H,80,97)(H,81,98)(H,82,96)(H,83,99)(H,84,101)(H,94,95)(H,108,109)(H4,72,73,74)/t36-,37+,39-,40-,41-,42-,43-,45-,46-,47-,48-,49-,50-,53-,54-/m0/s1. The monoisotopic (exact) mass is 1630 g/mol. The number of esters is 1. The Morgan fingerprint density at radius 1 is 0.690 bits per heavy atom. The molecule has 4 saturated heterocycles. The van der Waals surface area contributed by atoms with Crippen LogP contribution in [0.3, 0.4) is 0 Å². The van der Waals surface area contributed by atoms with Crippen LogP contribution in [0.1, 0.15) is 127 Å². The molecule has 0 unspecified atom stereocenters. The summed E-state index contributed by atoms with van der Waals surface area (Å²) in [4.78, 5) is 234. The zero-order valence-electron chi connectivity index (χ0n) is 63.3. The molecule has 1 aromatic heterocycles. The second-order valence-electron chi connectivity index (χ2n) is 27.7. The van der Waals surface area contributed by atoms with Crippen LogP contribution in [-0.4, -0.2) is 300 Å². The van der Waals surface area contributed by atoms with Crippen molar-refractivity contribution >= 4 is 122 Å². The van der Waals surface area contributed by atoms with Gasteiger partial charge in [-0.05, 0) is 102 Å². The van der Waals surface area contributed by atoms with E-state index in [-0.39, 0.29) is 122 Å². The molecule has 0 saturated carbocycles. The molecule has 5 heterocycles. The summed E-state index contributed by atoms with van der Waals surface area (Å²) in [6.45, 7) is 2.56. The number of guanidine groups is 1. The molecule has 0 radical (unpaired) electrons. The van der Waals surface area contributed by atoms with Gasteiger partial charge in [-0.1, -0.05) is 77.4 Å². The van der Waals surface area contributed by atoms with Crippen LogP contribution in [0.25, 0.3) is 0 Å². The van der Waals surface area contributed by atoms with Crippen molar-refractivity contribution in [3.63, 3.8) is 0 Å². The number of carboxylic acids is 2. The minimum absolute atomic E-state index is 0.00686. The number of likely N-dealkylation sites (tertiary alicyclic amines) is 1. The Morgan fingerprint density at radius 3 is 1.95 bits per heavy atom. The quantitative estimate of drug-likeness (QED) is 0.0114. The summed E-state index contributed by atoms with van der Waals surface area (Å²) < 4.78 is 5.95. The van der Waals surface area contributed by atoms with E-state index in [1.165, 1.54) is 16.0 Å². The summed E-state index contributed by atoms with van der Waals surface area (Å²) >= 11 is 0. The van der Waals surface area contributed by atoms with Crippen LogP contribution in [0.15, 0.2) is 41.5 Å². The molecule has 22 N–H and O–H groups in total. The lowest BCUT2D eigenvalue weighted by molar-refractivity contribution is -0.149. The Labute approximate surface area is 658 Å². The molecule has 0 aliphatic carbocycles. The second-order valence-corrected chi connectivity index (χ2v) is 30.2. The number of nitrogens with one attached hydrogen (secondary N) is 10. The summed E-state index contributed by atoms with van der Waals surface area (Å²) in [6.07, 6.45) is -0.937. The first-order valence-corrected chi connectivity index (χ1v) is 39.7. The summed E-state index contributed by atoms with van der Waals surface area (Å²) in [5, 5.41) is 74.4. The molecule has 42 nitrogen and oxygen atoms in total. The molecule has 6 rings (SSSR count). The maximum absolute atomic E-state index is 15.5. The number of aliphatic imine (C=N–C) groups is 1. The van der Waals surface area contributed by atoms with Gasteiger partial charge in [-0.25, -0.2) is 9.59 Å². The van der Waals surface area contributed by atoms with Gasteiger partial charge in [-0.3, -0.25) is 76.8 Å². The fraction of sp³-hybridized carbons (Fsp3) is 0.638. The van der Waals surface area contributed by atoms with Crippen molar-refractivity contribution < 1.29 is 102 Å². The average molecular weight is 1630 g/mol. The summed E-state index contributed by atoms with van der Waals surface area (Å²) in [6, 6.07) is -12.6. The molecule has 1 aromatic carbocycles. The highest BCUT2D eigenvalue weighted by atomic mass is 33.1. The lowest BCUT2D eigenvalue weighted by Gasteiger charge is -2.35. The summed E-state index contributed by atoms with van der Waals surface area (Å²) in [7, 11) is 2.64. The Kier molecular flexibility index (Phi) is 36.8. The van der Waals surface area contributed by atoms with Gasteiger partial charge in [-0.2, -0.15) is 0 Å². The molecule has 113 heavy (non-hydrogen) atoms. The topological polar surface area (TPSA) is 640 Å². The van der Waals surface area contributed by atoms with Crippen LogP contribution in [0.5, 0.6) is 0 Å². The molecule has 0 bridgehead atoms. The molecule has 15 atom stereocenters. The van der Waals surface area contributed by atoms with Crippen LogP contribution in [0, 0.1) is 5.92 Å². The van der Waals surface area contributed by atoms with E-state index in [1.54, 1.807) is 44.2 Å². The van der Waals surface area contributed by atoms with Crippen molar-refractivity contribution in [1.82, 2.24) is 82.9 Å². The smallest absolute Gasteiger partial charge is 0.360 e. The Hall–Kier alpha value is -10.3. The molecule has 4 aliphatic rings. The van der Waals surface area contributed by atoms with Crippen molar-refractivity contribution in [2.75, 3.05) is 64.5 Å². The molecule has 0 spiro atoms. The number of carboxylic acid groups (broad SMARTS) is 2. The van der Waals surface area contributed by atoms with Crippen LogP contribution >= 0.6 is 21.6 Å². The van der Waals surface area contributed by atoms with Crippen LogP contribution in [-0.2, 0) is 89.6 Å². The fourth-order valence-corrected chi connectivity index (χ4v) is 15.4. The first-order valence-electron chi connectivity index (χ1n) is 37.2. The minimum Gasteiger partial charge on any atom is -0.481 e. The number of amides is 13. The lowest BCUT2D eigenvalue weighted by Crippen LogP contribution is -2.62. The number of rotatable bonds is 30. The SMILES string of the molecule is CC[C@H](C)[C@@H]1NC(=O)[C@H](CO)NC(=O)[C@H](CCCCN)NC(=O)[C@H]([C@@H](C)O)NC(=O)[C@@H](NC(=O)[C@H](CCCN=C(N)N)NC(=O)CN)CSSC[C@@H](C(=O)N[C@@H](Cc2ccccc2)C(=O)N2CCC[C@H]2C(=O)N[C@@H](CC(=O)O)C(=O)O)NC(=O)[C@H](CCn2cc(C(=O)OC)nn2)NC(=O)[C@@H]2CCCN2C(=O)[C@@H]2CCCN2C1=O. The number of hydrogen-bond acceptors (Lipinski definition) is 26. The number of methoxy groups -OCH3 is 1. The molecule has 624 valence electrons. The van der Waals surface area contributed by atoms with Gasteiger partial charge in [0.25, 0.3) is 0 Å². The number of benzene rings is 1. The zero-order valence-corrected chi connectivity index (χ0v) is 64.9. The number of aryl methyl sites for hydroxylation is 1. The summed E-state index contributed by atoms with van der Waals surface area (Å²) in [5.74, 6) is -18.7. The number of unbranched alkanes of at least 4 members (excludes halogenated alkanes) is 1. The number of aromatic nitrogens is 3. The number of carbonyl (C=O) groups is 16. The minimum atomic E-state index is -1.96. The van der Waals surface area contributed by atoms with Gasteiger partial charge in [0.1, 0.15) is 78.5 Å². The predicted octanol–water partition coefficient (Wildman–Crippen LogP) is -6.97. The number of ether oxygens (including phenoxy) is 1. The molecule has 44 heteroatoms. The van der Waals surface area contributed by atoms with Gasteiger partial charge in [0.2, 0.25) is 76.8 Å². The first kappa shape index (κ1) is 91.6. The van der Waals surface area contributed by atoms with E-state index in [2.05, 4.69) is 68.5 Å². The number of fused-ring (bicyclic) bond motifs is 2. The zero-order chi connectivity index (χ0) is 83.2. The van der Waals surface area contributed by atoms with Gasteiger partial charge in [0, 0.05) is 50.7 Å². The highest BCUT2D eigenvalue weighted by molar-refractivity contribution is 8.76. The number of hydrogen-bond donors (Lipinski definition) is 18. The first-order chi connectivity index (χ1) is 53.8. The third-order valence-electron chi connectivity index (χ3n) is 19.4. The molecule has 13 amide bonds. The maximum atomic E-state index is 15.5. The number of carbonyl (C=O) groups excluding carboxylic acids is 14. The maximum Gasteiger partial charge on any atom is 0.360 e. The molecule has 4 aliphatic heterocycles. The van der Waals surface area contributed by atoms with Crippen LogP contribution < -0.4 is 76.1 Å². The Balaban J connectivity index is 1.49. The molecule has 2 aromatic rings. The largest absolute Gasteiger partial charge is 0.481 e. The number of nitrogens with two attached hydrogens (primary N) is 4. The average Bonchev–Trinajstić information content (AvgIpc) is 1.68. The van der Waals surface area contributed by atoms with Crippen molar-refractivity contribution in [3.8, 4) is 0 Å². The molecular formula is C69H105N21O21S2. The number of aliphatic hydroxyl groups excluding tert-OH is 2. The Morgan fingerprint density at radius 2 is 1.31 bits per heavy atom. The summed E-state index contributed by atoms with van der Waals surface area (Å²) in [5.41, 5.74) is 22.7. The molecular weight excluding hydrogens is 1520 g/mol. The Bertz CT molecular complexity index is 3730. The van der Waals surface area contributed by atoms with E-state index in [1.807, 2.05) is 0 Å². The highest BCUT2D eigenvalue weighted by Crippen LogP contribution is 2.29. The number of aliphatic carboxylic acids is 2. The number of nitrogens with zero attached hydrogens (tertiary/aromatic N) is 7. The third-order valence-corrected chi connectivity index (χ3v) is 21.9. The van der Waals surface area contributed by atoms with Crippen LogP contribution in [0.2, 0.25) is 0 Å². The van der Waals surface area contributed by atoms with Gasteiger partial charge in [-0.15, -0.1) is 5.10 Å². The van der Waals surface area contributed by atoms with Crippen molar-refractivity contribution in [1.29, 1.82) is 0 Å². The van der Waals surface area contributed by atoms with Gasteiger partial charge < -0.3 is 116 Å². The van der Waals surface area contributed by atoms with E-state index < -0.39 is 223 Å². The number of aliphatic hydroxyl groups is 2. The van der Waals surface area contributed by atoms with E-state index in [0.29, 0.717) is 18.4 Å².